The second-order valence-corrected chi connectivity index (χ2v) is 6.19. The Kier molecular flexibility index (Phi) is 4.53. The second-order valence-electron chi connectivity index (χ2n) is 5.24. The van der Waals surface area contributed by atoms with Gasteiger partial charge in [-0.3, -0.25) is 10.1 Å². The van der Waals surface area contributed by atoms with E-state index in [1.165, 1.54) is 29.9 Å². The number of nitro groups is 1. The summed E-state index contributed by atoms with van der Waals surface area (Å²) < 4.78 is 1.63. The van der Waals surface area contributed by atoms with Crippen LogP contribution in [0.4, 0.5) is 10.8 Å². The molecule has 0 atom stereocenters. The van der Waals surface area contributed by atoms with Gasteiger partial charge in [0.1, 0.15) is 17.7 Å². The summed E-state index contributed by atoms with van der Waals surface area (Å²) in [4.78, 5) is 23.6. The van der Waals surface area contributed by atoms with Crippen LogP contribution in [0.15, 0.2) is 41.9 Å². The molecule has 2 heterocycles. The van der Waals surface area contributed by atoms with Crippen molar-refractivity contribution in [3.05, 3.63) is 89.9 Å². The zero-order valence-corrected chi connectivity index (χ0v) is 14.1. The van der Waals surface area contributed by atoms with E-state index >= 15 is 0 Å². The highest BCUT2D eigenvalue weighted by Crippen LogP contribution is 2.38. The normalized spacial score (nSPS) is 15.1. The van der Waals surface area contributed by atoms with Crippen molar-refractivity contribution in [1.82, 2.24) is 19.7 Å². The van der Waals surface area contributed by atoms with Crippen LogP contribution in [0, 0.1) is 41.7 Å². The predicted molar refractivity (Wildman–Crippen MR) is 96.9 cm³/mol. The molecule has 8 nitrogen and oxygen atoms in total. The molecular formula is C17H11N6O2S. The van der Waals surface area contributed by atoms with E-state index in [2.05, 4.69) is 20.1 Å². The van der Waals surface area contributed by atoms with Gasteiger partial charge in [0, 0.05) is 18.2 Å². The molecule has 0 saturated heterocycles. The van der Waals surface area contributed by atoms with Crippen molar-refractivity contribution >= 4 is 28.4 Å². The van der Waals surface area contributed by atoms with Crippen LogP contribution in [0.25, 0.3) is 5.00 Å². The zero-order chi connectivity index (χ0) is 17.9. The lowest BCUT2D eigenvalue weighted by Crippen LogP contribution is -2.02. The average molecular weight is 363 g/mol. The van der Waals surface area contributed by atoms with Gasteiger partial charge in [0.25, 0.3) is 5.69 Å². The highest BCUT2D eigenvalue weighted by Gasteiger charge is 2.26. The van der Waals surface area contributed by atoms with Gasteiger partial charge in [-0.15, -0.1) is 0 Å². The predicted octanol–water partition coefficient (Wildman–Crippen LogP) is 3.14. The van der Waals surface area contributed by atoms with Crippen LogP contribution in [0.2, 0.25) is 0 Å². The molecule has 5 radical (unpaired) electrons. The maximum absolute atomic E-state index is 11.1. The summed E-state index contributed by atoms with van der Waals surface area (Å²) in [5, 5.41) is 16.5. The molecule has 4 rings (SSSR count). The van der Waals surface area contributed by atoms with Gasteiger partial charge in [-0.25, -0.2) is 19.6 Å². The standard InChI is InChI=1S/C17H11N6O2S/c24-23(25)14-8-4-3-7-13(14)9-19-17-21-15(12-5-1-2-6-12)16(26-17)22-11-18-10-20-22/h1-11H/b19-9+. The van der Waals surface area contributed by atoms with Crippen molar-refractivity contribution in [3.63, 3.8) is 0 Å². The number of aliphatic imine (C=N–C) groups is 1. The SMILES string of the molecule is O=[N+]([O-])c1ccccc1/C=N/c1nc([C]2[CH][CH][CH][CH]2)c(-n2cncn2)s1. The number of hydrogen-bond donors (Lipinski definition) is 0. The third-order valence-electron chi connectivity index (χ3n) is 3.61. The van der Waals surface area contributed by atoms with Crippen LogP contribution in [-0.4, -0.2) is 30.9 Å². The number of para-hydroxylation sites is 1. The minimum Gasteiger partial charge on any atom is -0.258 e. The Morgan fingerprint density at radius 1 is 1.23 bits per heavy atom. The molecule has 0 unspecified atom stereocenters. The molecule has 1 saturated carbocycles. The van der Waals surface area contributed by atoms with Gasteiger partial charge in [-0.1, -0.05) is 23.5 Å². The number of nitrogens with zero attached hydrogens (tertiary/aromatic N) is 6. The molecule has 0 aliphatic heterocycles. The summed E-state index contributed by atoms with van der Waals surface area (Å²) in [5.41, 5.74) is 1.16. The van der Waals surface area contributed by atoms with E-state index in [9.17, 15) is 10.1 Å². The fourth-order valence-electron chi connectivity index (χ4n) is 2.43. The number of rotatable bonds is 5. The first-order valence-corrected chi connectivity index (χ1v) is 8.39. The first kappa shape index (κ1) is 16.5. The Morgan fingerprint density at radius 3 is 2.77 bits per heavy atom. The Bertz CT molecular complexity index is 944. The van der Waals surface area contributed by atoms with Crippen LogP contribution < -0.4 is 0 Å². The van der Waals surface area contributed by atoms with E-state index < -0.39 is 4.92 Å². The summed E-state index contributed by atoms with van der Waals surface area (Å²) in [6.45, 7) is 0. The number of aromatic nitrogens is 4. The maximum Gasteiger partial charge on any atom is 0.278 e. The van der Waals surface area contributed by atoms with Crippen LogP contribution in [-0.2, 0) is 0 Å². The topological polar surface area (TPSA) is 99.1 Å². The highest BCUT2D eigenvalue weighted by molar-refractivity contribution is 7.18. The summed E-state index contributed by atoms with van der Waals surface area (Å²) in [6, 6.07) is 6.44. The summed E-state index contributed by atoms with van der Waals surface area (Å²) >= 11 is 1.33. The van der Waals surface area contributed by atoms with E-state index in [0.717, 1.165) is 16.6 Å². The first-order valence-electron chi connectivity index (χ1n) is 7.58. The van der Waals surface area contributed by atoms with Crippen LogP contribution in [0.5, 0.6) is 0 Å². The first-order chi connectivity index (χ1) is 12.7. The van der Waals surface area contributed by atoms with Crippen molar-refractivity contribution in [2.24, 2.45) is 4.99 Å². The third kappa shape index (κ3) is 3.25. The smallest absolute Gasteiger partial charge is 0.258 e. The van der Waals surface area contributed by atoms with Gasteiger partial charge in [0.2, 0.25) is 5.13 Å². The van der Waals surface area contributed by atoms with Gasteiger partial charge in [0.15, 0.2) is 0 Å². The molecule has 26 heavy (non-hydrogen) atoms. The average Bonchev–Trinajstić information content (AvgIpc) is 3.40. The number of thiazole rings is 1. The lowest BCUT2D eigenvalue weighted by atomic mass is 10.1. The fraction of sp³-hybridized carbons (Fsp3) is 0. The monoisotopic (exact) mass is 363 g/mol. The largest absolute Gasteiger partial charge is 0.278 e. The van der Waals surface area contributed by atoms with E-state index in [1.54, 1.807) is 29.2 Å². The van der Waals surface area contributed by atoms with Gasteiger partial charge in [-0.2, -0.15) is 5.10 Å². The van der Waals surface area contributed by atoms with E-state index in [0.29, 0.717) is 10.7 Å². The van der Waals surface area contributed by atoms with Crippen molar-refractivity contribution in [3.8, 4) is 5.00 Å². The molecule has 3 aromatic rings. The van der Waals surface area contributed by atoms with Crippen LogP contribution >= 0.6 is 11.3 Å². The molecule has 9 heteroatoms. The fourth-order valence-corrected chi connectivity index (χ4v) is 3.30. The van der Waals surface area contributed by atoms with Crippen LogP contribution in [0.1, 0.15) is 11.3 Å². The van der Waals surface area contributed by atoms with Crippen molar-refractivity contribution in [1.29, 1.82) is 0 Å². The van der Waals surface area contributed by atoms with Gasteiger partial charge in [-0.05, 0) is 31.7 Å². The number of benzene rings is 1. The maximum atomic E-state index is 11.1. The molecule has 1 fully saturated rings. The van der Waals surface area contributed by atoms with Gasteiger partial charge < -0.3 is 0 Å². The molecular weight excluding hydrogens is 352 g/mol. The lowest BCUT2D eigenvalue weighted by molar-refractivity contribution is -0.385. The molecule has 0 spiro atoms. The molecule has 0 bridgehead atoms. The third-order valence-corrected chi connectivity index (χ3v) is 4.56. The van der Waals surface area contributed by atoms with Gasteiger partial charge in [0.05, 0.1) is 16.2 Å². The highest BCUT2D eigenvalue weighted by atomic mass is 32.1. The minimum absolute atomic E-state index is 0.000522. The Balaban J connectivity index is 1.69. The summed E-state index contributed by atoms with van der Waals surface area (Å²) in [6.07, 6.45) is 12.2. The van der Waals surface area contributed by atoms with E-state index in [1.807, 2.05) is 25.7 Å². The van der Waals surface area contributed by atoms with E-state index in [4.69, 9.17) is 0 Å². The summed E-state index contributed by atoms with van der Waals surface area (Å²) in [7, 11) is 0. The van der Waals surface area contributed by atoms with Crippen molar-refractivity contribution in [2.45, 2.75) is 0 Å². The van der Waals surface area contributed by atoms with Crippen LogP contribution in [0.3, 0.4) is 0 Å². The number of hydrogen-bond acceptors (Lipinski definition) is 7. The minimum atomic E-state index is -0.431. The molecule has 0 amide bonds. The molecule has 0 N–H and O–H groups in total. The number of nitro benzene ring substituents is 1. The Hall–Kier alpha value is -2.94. The molecule has 1 aromatic carbocycles. The van der Waals surface area contributed by atoms with Crippen molar-refractivity contribution < 1.29 is 4.92 Å². The summed E-state index contributed by atoms with van der Waals surface area (Å²) in [5.74, 6) is 0.943. The lowest BCUT2D eigenvalue weighted by Gasteiger charge is -2.06. The zero-order valence-electron chi connectivity index (χ0n) is 13.3. The van der Waals surface area contributed by atoms with Crippen molar-refractivity contribution in [2.75, 3.05) is 0 Å². The van der Waals surface area contributed by atoms with E-state index in [-0.39, 0.29) is 5.69 Å². The molecule has 1 aliphatic rings. The second kappa shape index (κ2) is 7.12. The molecule has 2 aromatic heterocycles. The molecule has 127 valence electrons. The van der Waals surface area contributed by atoms with Gasteiger partial charge >= 0.3 is 0 Å². The quantitative estimate of drug-likeness (QED) is 0.394. The molecule has 1 aliphatic carbocycles. The Labute approximate surface area is 153 Å². The Morgan fingerprint density at radius 2 is 2.04 bits per heavy atom.